The van der Waals surface area contributed by atoms with Gasteiger partial charge in [0, 0.05) is 13.1 Å². The third kappa shape index (κ3) is 3.95. The molecule has 0 fully saturated rings. The number of unbranched alkanes of at least 4 members (excludes halogenated alkanes) is 1. The van der Waals surface area contributed by atoms with Gasteiger partial charge in [-0.15, -0.1) is 0 Å². The van der Waals surface area contributed by atoms with Crippen molar-refractivity contribution < 1.29 is 23.1 Å². The average Bonchev–Trinajstić information content (AvgIpc) is 2.46. The number of methoxy groups -OCH3 is 1. The Labute approximate surface area is 125 Å². The van der Waals surface area contributed by atoms with Crippen LogP contribution in [0.2, 0.25) is 0 Å². The first-order valence-corrected chi connectivity index (χ1v) is 8.23. The largest absolute Gasteiger partial charge is 0.495 e. The molecule has 1 N–H and O–H groups in total. The summed E-state index contributed by atoms with van der Waals surface area (Å²) in [5.74, 6) is -1.08. The van der Waals surface area contributed by atoms with Crippen molar-refractivity contribution in [3.8, 4) is 5.75 Å². The smallest absolute Gasteiger partial charge is 0.335 e. The second-order valence-corrected chi connectivity index (χ2v) is 6.43. The van der Waals surface area contributed by atoms with E-state index < -0.39 is 16.0 Å². The highest BCUT2D eigenvalue weighted by Gasteiger charge is 2.26. The van der Waals surface area contributed by atoms with Gasteiger partial charge in [0.1, 0.15) is 10.6 Å². The van der Waals surface area contributed by atoms with E-state index in [1.54, 1.807) is 6.92 Å². The van der Waals surface area contributed by atoms with E-state index in [1.807, 2.05) is 6.92 Å². The Morgan fingerprint density at radius 3 is 2.48 bits per heavy atom. The summed E-state index contributed by atoms with van der Waals surface area (Å²) in [7, 11) is -2.37. The number of hydrogen-bond donors (Lipinski definition) is 1. The van der Waals surface area contributed by atoms with Gasteiger partial charge in [0.2, 0.25) is 10.0 Å². The Balaban J connectivity index is 3.26. The van der Waals surface area contributed by atoms with Crippen molar-refractivity contribution in [2.75, 3.05) is 20.2 Å². The standard InChI is InChI=1S/C14H21NO5S/c1-4-6-9-15(5-2)21(18,19)13-8-7-11(14(16)17)10-12(13)20-3/h7-8,10H,4-6,9H2,1-3H3,(H,16,17). The van der Waals surface area contributed by atoms with Crippen molar-refractivity contribution in [1.82, 2.24) is 4.31 Å². The van der Waals surface area contributed by atoms with Crippen LogP contribution in [-0.2, 0) is 10.0 Å². The van der Waals surface area contributed by atoms with Crippen LogP contribution in [0.5, 0.6) is 5.75 Å². The van der Waals surface area contributed by atoms with Gasteiger partial charge in [-0.3, -0.25) is 0 Å². The summed E-state index contributed by atoms with van der Waals surface area (Å²) >= 11 is 0. The number of carboxylic acid groups (broad SMARTS) is 1. The summed E-state index contributed by atoms with van der Waals surface area (Å²) in [6, 6.07) is 3.78. The van der Waals surface area contributed by atoms with Crippen molar-refractivity contribution in [3.05, 3.63) is 23.8 Å². The molecule has 0 saturated heterocycles. The molecule has 0 saturated carbocycles. The van der Waals surface area contributed by atoms with E-state index in [-0.39, 0.29) is 16.2 Å². The summed E-state index contributed by atoms with van der Waals surface area (Å²) in [5, 5.41) is 8.95. The third-order valence-electron chi connectivity index (χ3n) is 3.14. The molecule has 0 aliphatic rings. The molecule has 1 rings (SSSR count). The fourth-order valence-corrected chi connectivity index (χ4v) is 3.56. The fraction of sp³-hybridized carbons (Fsp3) is 0.500. The van der Waals surface area contributed by atoms with Gasteiger partial charge in [-0.05, 0) is 24.6 Å². The van der Waals surface area contributed by atoms with E-state index in [9.17, 15) is 13.2 Å². The minimum atomic E-state index is -3.69. The number of carbonyl (C=O) groups is 1. The Kier molecular flexibility index (Phi) is 6.17. The van der Waals surface area contributed by atoms with Crippen LogP contribution >= 0.6 is 0 Å². The zero-order valence-electron chi connectivity index (χ0n) is 12.5. The number of rotatable bonds is 8. The van der Waals surface area contributed by atoms with Gasteiger partial charge >= 0.3 is 5.97 Å². The van der Waals surface area contributed by atoms with Crippen molar-refractivity contribution in [2.45, 2.75) is 31.6 Å². The van der Waals surface area contributed by atoms with Gasteiger partial charge in [0.25, 0.3) is 0 Å². The zero-order valence-corrected chi connectivity index (χ0v) is 13.3. The molecular weight excluding hydrogens is 294 g/mol. The number of benzene rings is 1. The lowest BCUT2D eigenvalue weighted by molar-refractivity contribution is 0.0696. The first-order chi connectivity index (χ1) is 9.88. The van der Waals surface area contributed by atoms with Gasteiger partial charge in [-0.25, -0.2) is 13.2 Å². The van der Waals surface area contributed by atoms with E-state index >= 15 is 0 Å². The highest BCUT2D eigenvalue weighted by molar-refractivity contribution is 7.89. The SMILES string of the molecule is CCCCN(CC)S(=O)(=O)c1ccc(C(=O)O)cc1OC. The van der Waals surface area contributed by atoms with Crippen molar-refractivity contribution >= 4 is 16.0 Å². The van der Waals surface area contributed by atoms with Gasteiger partial charge in [-0.1, -0.05) is 20.3 Å². The maximum Gasteiger partial charge on any atom is 0.335 e. The quantitative estimate of drug-likeness (QED) is 0.795. The minimum Gasteiger partial charge on any atom is -0.495 e. The van der Waals surface area contributed by atoms with E-state index in [2.05, 4.69) is 0 Å². The normalized spacial score (nSPS) is 11.6. The lowest BCUT2D eigenvalue weighted by Crippen LogP contribution is -2.32. The molecule has 0 heterocycles. The predicted octanol–water partition coefficient (Wildman–Crippen LogP) is 2.20. The predicted molar refractivity (Wildman–Crippen MR) is 79.3 cm³/mol. The second-order valence-electron chi connectivity index (χ2n) is 4.52. The molecule has 0 aliphatic carbocycles. The first kappa shape index (κ1) is 17.5. The molecule has 0 aromatic heterocycles. The molecule has 21 heavy (non-hydrogen) atoms. The van der Waals surface area contributed by atoms with Crippen molar-refractivity contribution in [3.63, 3.8) is 0 Å². The maximum atomic E-state index is 12.6. The Hall–Kier alpha value is -1.60. The minimum absolute atomic E-state index is 0.00652. The molecule has 118 valence electrons. The van der Waals surface area contributed by atoms with Crippen LogP contribution in [0.25, 0.3) is 0 Å². The van der Waals surface area contributed by atoms with Crippen molar-refractivity contribution in [1.29, 1.82) is 0 Å². The fourth-order valence-electron chi connectivity index (χ4n) is 1.94. The molecule has 0 spiro atoms. The monoisotopic (exact) mass is 315 g/mol. The Bertz CT molecular complexity index is 597. The second kappa shape index (κ2) is 7.42. The van der Waals surface area contributed by atoms with Gasteiger partial charge in [0.05, 0.1) is 12.7 Å². The molecule has 1 aromatic rings. The molecule has 7 heteroatoms. The summed E-state index contributed by atoms with van der Waals surface area (Å²) in [6.07, 6.45) is 1.66. The first-order valence-electron chi connectivity index (χ1n) is 6.79. The molecule has 0 atom stereocenters. The van der Waals surface area contributed by atoms with Gasteiger partial charge in [-0.2, -0.15) is 4.31 Å². The van der Waals surface area contributed by atoms with Crippen LogP contribution in [0.15, 0.2) is 23.1 Å². The highest BCUT2D eigenvalue weighted by Crippen LogP contribution is 2.28. The zero-order chi connectivity index (χ0) is 16.0. The Morgan fingerprint density at radius 2 is 2.00 bits per heavy atom. The van der Waals surface area contributed by atoms with Crippen LogP contribution in [0, 0.1) is 0 Å². The van der Waals surface area contributed by atoms with E-state index in [1.165, 1.54) is 29.6 Å². The summed E-state index contributed by atoms with van der Waals surface area (Å²) in [4.78, 5) is 10.9. The van der Waals surface area contributed by atoms with E-state index in [4.69, 9.17) is 9.84 Å². The summed E-state index contributed by atoms with van der Waals surface area (Å²) in [5.41, 5.74) is -0.0117. The molecule has 0 unspecified atom stereocenters. The molecule has 0 aliphatic heterocycles. The van der Waals surface area contributed by atoms with Crippen LogP contribution in [0.4, 0.5) is 0 Å². The number of carboxylic acids is 1. The van der Waals surface area contributed by atoms with Crippen LogP contribution in [-0.4, -0.2) is 44.0 Å². The molecule has 0 radical (unpaired) electrons. The topological polar surface area (TPSA) is 83.9 Å². The molecule has 0 amide bonds. The number of aromatic carboxylic acids is 1. The highest BCUT2D eigenvalue weighted by atomic mass is 32.2. The molecular formula is C14H21NO5S. The molecule has 0 bridgehead atoms. The number of nitrogens with zero attached hydrogens (tertiary/aromatic N) is 1. The van der Waals surface area contributed by atoms with E-state index in [0.29, 0.717) is 13.1 Å². The lowest BCUT2D eigenvalue weighted by atomic mass is 10.2. The number of ether oxygens (including phenoxy) is 1. The van der Waals surface area contributed by atoms with Crippen LogP contribution < -0.4 is 4.74 Å². The summed E-state index contributed by atoms with van der Waals surface area (Å²) in [6.45, 7) is 4.54. The van der Waals surface area contributed by atoms with Crippen LogP contribution in [0.1, 0.15) is 37.0 Å². The third-order valence-corrected chi connectivity index (χ3v) is 5.16. The number of hydrogen-bond acceptors (Lipinski definition) is 4. The molecule has 6 nitrogen and oxygen atoms in total. The van der Waals surface area contributed by atoms with Gasteiger partial charge < -0.3 is 9.84 Å². The lowest BCUT2D eigenvalue weighted by Gasteiger charge is -2.21. The number of sulfonamides is 1. The van der Waals surface area contributed by atoms with Gasteiger partial charge in [0.15, 0.2) is 0 Å². The maximum absolute atomic E-state index is 12.6. The average molecular weight is 315 g/mol. The Morgan fingerprint density at radius 1 is 1.33 bits per heavy atom. The van der Waals surface area contributed by atoms with Crippen LogP contribution in [0.3, 0.4) is 0 Å². The molecule has 1 aromatic carbocycles. The van der Waals surface area contributed by atoms with E-state index in [0.717, 1.165) is 12.8 Å². The summed E-state index contributed by atoms with van der Waals surface area (Å²) < 4.78 is 31.7. The van der Waals surface area contributed by atoms with Crippen molar-refractivity contribution in [2.24, 2.45) is 0 Å².